The first kappa shape index (κ1) is 17.7. The summed E-state index contributed by atoms with van der Waals surface area (Å²) in [6.07, 6.45) is 0.499. The standard InChI is InChI=1S/C20H20BrNO3/c1-11-4-6-15(14(21)8-11)22-18(24)10-25-17-7-5-12(2)19-13(3)9-16(23)20(17)19/h4-8,13H,9-10H2,1-3H3,(H,22,24)/t13-/m1/s1. The minimum Gasteiger partial charge on any atom is -0.483 e. The Morgan fingerprint density at radius 2 is 2.04 bits per heavy atom. The van der Waals surface area contributed by atoms with E-state index in [1.54, 1.807) is 6.07 Å². The molecule has 4 nitrogen and oxygen atoms in total. The number of halogens is 1. The highest BCUT2D eigenvalue weighted by atomic mass is 79.9. The van der Waals surface area contributed by atoms with E-state index in [1.165, 1.54) is 0 Å². The van der Waals surface area contributed by atoms with Crippen LogP contribution in [0.5, 0.6) is 5.75 Å². The van der Waals surface area contributed by atoms with Crippen LogP contribution in [0.2, 0.25) is 0 Å². The summed E-state index contributed by atoms with van der Waals surface area (Å²) in [4.78, 5) is 24.5. The summed E-state index contributed by atoms with van der Waals surface area (Å²) >= 11 is 3.43. The average Bonchev–Trinajstić information content (AvgIpc) is 2.85. The molecule has 0 radical (unpaired) electrons. The molecule has 5 heteroatoms. The van der Waals surface area contributed by atoms with Crippen LogP contribution in [0.15, 0.2) is 34.8 Å². The van der Waals surface area contributed by atoms with Crippen LogP contribution >= 0.6 is 15.9 Å². The van der Waals surface area contributed by atoms with Gasteiger partial charge in [0.2, 0.25) is 0 Å². The van der Waals surface area contributed by atoms with Gasteiger partial charge in [0, 0.05) is 10.9 Å². The molecule has 0 bridgehead atoms. The lowest BCUT2D eigenvalue weighted by Gasteiger charge is -2.14. The smallest absolute Gasteiger partial charge is 0.262 e. The molecule has 0 aliphatic heterocycles. The van der Waals surface area contributed by atoms with Crippen LogP contribution < -0.4 is 10.1 Å². The zero-order valence-electron chi connectivity index (χ0n) is 14.5. The van der Waals surface area contributed by atoms with Crippen LogP contribution in [0.3, 0.4) is 0 Å². The van der Waals surface area contributed by atoms with Gasteiger partial charge >= 0.3 is 0 Å². The molecule has 1 aliphatic rings. The van der Waals surface area contributed by atoms with Crippen molar-refractivity contribution in [3.8, 4) is 5.75 Å². The predicted octanol–water partition coefficient (Wildman–Crippen LogP) is 4.77. The van der Waals surface area contributed by atoms with Crippen molar-refractivity contribution in [3.63, 3.8) is 0 Å². The molecule has 3 rings (SSSR count). The van der Waals surface area contributed by atoms with Gasteiger partial charge in [-0.2, -0.15) is 0 Å². The Balaban J connectivity index is 1.72. The maximum Gasteiger partial charge on any atom is 0.262 e. The van der Waals surface area contributed by atoms with E-state index in [1.807, 2.05) is 45.0 Å². The fourth-order valence-electron chi connectivity index (χ4n) is 3.28. The van der Waals surface area contributed by atoms with Gasteiger partial charge in [-0.15, -0.1) is 0 Å². The number of nitrogens with one attached hydrogen (secondary N) is 1. The van der Waals surface area contributed by atoms with Crippen molar-refractivity contribution in [2.45, 2.75) is 33.1 Å². The summed E-state index contributed by atoms with van der Waals surface area (Å²) in [6.45, 7) is 5.88. The van der Waals surface area contributed by atoms with Crippen molar-refractivity contribution < 1.29 is 14.3 Å². The van der Waals surface area contributed by atoms with Crippen molar-refractivity contribution in [2.24, 2.45) is 0 Å². The molecule has 0 saturated carbocycles. The first-order valence-corrected chi connectivity index (χ1v) is 9.01. The van der Waals surface area contributed by atoms with Crippen LogP contribution in [-0.4, -0.2) is 18.3 Å². The number of rotatable bonds is 4. The number of anilines is 1. The van der Waals surface area contributed by atoms with E-state index in [4.69, 9.17) is 4.74 Å². The minimum atomic E-state index is -0.266. The molecule has 25 heavy (non-hydrogen) atoms. The highest BCUT2D eigenvalue weighted by Crippen LogP contribution is 2.40. The Morgan fingerprint density at radius 3 is 2.76 bits per heavy atom. The Bertz CT molecular complexity index is 860. The highest BCUT2D eigenvalue weighted by Gasteiger charge is 2.31. The molecule has 2 aromatic rings. The van der Waals surface area contributed by atoms with Gasteiger partial charge in [0.05, 0.1) is 11.3 Å². The fraction of sp³-hybridized carbons (Fsp3) is 0.300. The molecular weight excluding hydrogens is 382 g/mol. The monoisotopic (exact) mass is 401 g/mol. The van der Waals surface area contributed by atoms with Crippen LogP contribution in [0.4, 0.5) is 5.69 Å². The van der Waals surface area contributed by atoms with Crippen molar-refractivity contribution in [1.29, 1.82) is 0 Å². The van der Waals surface area contributed by atoms with E-state index in [2.05, 4.69) is 21.2 Å². The highest BCUT2D eigenvalue weighted by molar-refractivity contribution is 9.10. The van der Waals surface area contributed by atoms with Crippen LogP contribution in [0.1, 0.15) is 46.3 Å². The fourth-order valence-corrected chi connectivity index (χ4v) is 3.87. The van der Waals surface area contributed by atoms with Crippen molar-refractivity contribution in [3.05, 3.63) is 57.1 Å². The summed E-state index contributed by atoms with van der Waals surface area (Å²) in [7, 11) is 0. The van der Waals surface area contributed by atoms with Crippen LogP contribution in [0, 0.1) is 13.8 Å². The maximum atomic E-state index is 12.3. The lowest BCUT2D eigenvalue weighted by atomic mass is 9.97. The average molecular weight is 402 g/mol. The number of Topliss-reactive ketones (excluding diaryl/α,β-unsaturated/α-hetero) is 1. The zero-order chi connectivity index (χ0) is 18.1. The van der Waals surface area contributed by atoms with E-state index in [0.29, 0.717) is 23.4 Å². The summed E-state index contributed by atoms with van der Waals surface area (Å²) in [5, 5.41) is 2.81. The third kappa shape index (κ3) is 3.61. The summed E-state index contributed by atoms with van der Waals surface area (Å²) in [5.74, 6) is 0.511. The van der Waals surface area contributed by atoms with Gasteiger partial charge in [-0.1, -0.05) is 19.1 Å². The van der Waals surface area contributed by atoms with E-state index in [-0.39, 0.29) is 24.2 Å². The Kier molecular flexibility index (Phi) is 4.95. The molecule has 130 valence electrons. The van der Waals surface area contributed by atoms with E-state index >= 15 is 0 Å². The van der Waals surface area contributed by atoms with Crippen molar-refractivity contribution >= 4 is 33.3 Å². The molecule has 1 atom stereocenters. The molecule has 0 spiro atoms. The predicted molar refractivity (Wildman–Crippen MR) is 102 cm³/mol. The number of ketones is 1. The summed E-state index contributed by atoms with van der Waals surface area (Å²) < 4.78 is 6.49. The van der Waals surface area contributed by atoms with Gasteiger partial charge in [-0.3, -0.25) is 9.59 Å². The minimum absolute atomic E-state index is 0.0860. The number of benzene rings is 2. The second-order valence-electron chi connectivity index (χ2n) is 6.52. The third-order valence-electron chi connectivity index (χ3n) is 4.45. The lowest BCUT2D eigenvalue weighted by molar-refractivity contribution is -0.118. The molecule has 0 unspecified atom stereocenters. The lowest BCUT2D eigenvalue weighted by Crippen LogP contribution is -2.21. The number of fused-ring (bicyclic) bond motifs is 1. The molecular formula is C20H20BrNO3. The number of hydrogen-bond acceptors (Lipinski definition) is 3. The SMILES string of the molecule is Cc1ccc(NC(=O)COc2ccc(C)c3c2C(=O)C[C@H]3C)c(Br)c1. The molecule has 1 aliphatic carbocycles. The molecule has 2 aromatic carbocycles. The van der Waals surface area contributed by atoms with Gasteiger partial charge < -0.3 is 10.1 Å². The van der Waals surface area contributed by atoms with E-state index in [9.17, 15) is 9.59 Å². The van der Waals surface area contributed by atoms with Crippen molar-refractivity contribution in [1.82, 2.24) is 0 Å². The van der Waals surface area contributed by atoms with Gasteiger partial charge in [0.1, 0.15) is 5.75 Å². The molecule has 0 aromatic heterocycles. The third-order valence-corrected chi connectivity index (χ3v) is 5.10. The van der Waals surface area contributed by atoms with Gasteiger partial charge in [-0.25, -0.2) is 0 Å². The first-order chi connectivity index (χ1) is 11.9. The van der Waals surface area contributed by atoms with E-state index < -0.39 is 0 Å². The Labute approximate surface area is 155 Å². The largest absolute Gasteiger partial charge is 0.483 e. The number of amides is 1. The van der Waals surface area contributed by atoms with Crippen LogP contribution in [-0.2, 0) is 4.79 Å². The van der Waals surface area contributed by atoms with Gasteiger partial charge in [-0.05, 0) is 70.6 Å². The molecule has 1 amide bonds. The van der Waals surface area contributed by atoms with Crippen molar-refractivity contribution in [2.75, 3.05) is 11.9 Å². The number of carbonyl (C=O) groups excluding carboxylic acids is 2. The second kappa shape index (κ2) is 7.00. The van der Waals surface area contributed by atoms with E-state index in [0.717, 1.165) is 21.2 Å². The second-order valence-corrected chi connectivity index (χ2v) is 7.37. The first-order valence-electron chi connectivity index (χ1n) is 8.22. The number of carbonyl (C=O) groups is 2. The quantitative estimate of drug-likeness (QED) is 0.802. The summed E-state index contributed by atoms with van der Waals surface area (Å²) in [5.41, 5.74) is 4.57. The molecule has 0 heterocycles. The van der Waals surface area contributed by atoms with Crippen LogP contribution in [0.25, 0.3) is 0 Å². The molecule has 0 fully saturated rings. The van der Waals surface area contributed by atoms with Gasteiger partial charge in [0.25, 0.3) is 5.91 Å². The molecule has 0 saturated heterocycles. The Hall–Kier alpha value is -2.14. The number of hydrogen-bond donors (Lipinski definition) is 1. The number of aryl methyl sites for hydroxylation is 2. The zero-order valence-corrected chi connectivity index (χ0v) is 16.1. The van der Waals surface area contributed by atoms with Gasteiger partial charge in [0.15, 0.2) is 12.4 Å². The normalized spacial score (nSPS) is 15.8. The summed E-state index contributed by atoms with van der Waals surface area (Å²) in [6, 6.07) is 9.42. The number of ether oxygens (including phenoxy) is 1. The molecule has 1 N–H and O–H groups in total. The maximum absolute atomic E-state index is 12.3. The topological polar surface area (TPSA) is 55.4 Å². The Morgan fingerprint density at radius 1 is 1.28 bits per heavy atom.